The van der Waals surface area contributed by atoms with Gasteiger partial charge in [0.15, 0.2) is 5.78 Å². The lowest BCUT2D eigenvalue weighted by Gasteiger charge is -2.20. The second-order valence-corrected chi connectivity index (χ2v) is 6.81. The maximum atomic E-state index is 12.5. The first-order valence-electron chi connectivity index (χ1n) is 8.17. The standard InChI is InChI=1S/C20H17N3OS/c1-2-23-12-11-15(22-23)8-9-18(24)14-7-10-20-17(13-14)21-16-5-3-4-6-19(16)25-20/h3-13,21H,2H2,1H3/b9-8+. The van der Waals surface area contributed by atoms with Crippen molar-refractivity contribution in [3.05, 3.63) is 72.1 Å². The molecule has 4 rings (SSSR count). The van der Waals surface area contributed by atoms with Gasteiger partial charge in [0.1, 0.15) is 0 Å². The van der Waals surface area contributed by atoms with Gasteiger partial charge in [0, 0.05) is 28.1 Å². The van der Waals surface area contributed by atoms with Crippen LogP contribution in [0.15, 0.2) is 70.6 Å². The van der Waals surface area contributed by atoms with Gasteiger partial charge >= 0.3 is 0 Å². The van der Waals surface area contributed by atoms with Gasteiger partial charge in [-0.25, -0.2) is 0 Å². The molecule has 0 saturated heterocycles. The molecule has 0 amide bonds. The zero-order valence-corrected chi connectivity index (χ0v) is 14.6. The van der Waals surface area contributed by atoms with Gasteiger partial charge in [-0.1, -0.05) is 23.9 Å². The Kier molecular flexibility index (Phi) is 4.15. The molecule has 5 heteroatoms. The van der Waals surface area contributed by atoms with Crippen LogP contribution in [-0.2, 0) is 6.54 Å². The van der Waals surface area contributed by atoms with Crippen LogP contribution in [0.25, 0.3) is 6.08 Å². The van der Waals surface area contributed by atoms with Crippen molar-refractivity contribution < 1.29 is 4.79 Å². The summed E-state index contributed by atoms with van der Waals surface area (Å²) in [4.78, 5) is 14.8. The fraction of sp³-hybridized carbons (Fsp3) is 0.100. The Hall–Kier alpha value is -2.79. The number of fused-ring (bicyclic) bond motifs is 2. The largest absolute Gasteiger partial charge is 0.354 e. The first kappa shape index (κ1) is 15.7. The molecule has 1 aliphatic heterocycles. The summed E-state index contributed by atoms with van der Waals surface area (Å²) in [6.45, 7) is 2.85. The van der Waals surface area contributed by atoms with E-state index in [1.54, 1.807) is 23.9 Å². The number of anilines is 2. The molecule has 0 bridgehead atoms. The molecule has 0 saturated carbocycles. The average Bonchev–Trinajstić information content (AvgIpc) is 3.12. The number of para-hydroxylation sites is 1. The highest BCUT2D eigenvalue weighted by Gasteiger charge is 2.16. The molecule has 0 unspecified atom stereocenters. The van der Waals surface area contributed by atoms with E-state index in [0.717, 1.165) is 28.5 Å². The molecule has 0 spiro atoms. The monoisotopic (exact) mass is 347 g/mol. The van der Waals surface area contributed by atoms with E-state index in [1.165, 1.54) is 4.90 Å². The van der Waals surface area contributed by atoms with Crippen LogP contribution in [0, 0.1) is 0 Å². The fourth-order valence-corrected chi connectivity index (χ4v) is 3.66. The molecule has 2 aromatic carbocycles. The number of carbonyl (C=O) groups excluding carboxylic acids is 1. The van der Waals surface area contributed by atoms with Crippen molar-refractivity contribution in [2.24, 2.45) is 0 Å². The lowest BCUT2D eigenvalue weighted by Crippen LogP contribution is -2.02. The van der Waals surface area contributed by atoms with E-state index >= 15 is 0 Å². The minimum absolute atomic E-state index is 0.0282. The van der Waals surface area contributed by atoms with Crippen LogP contribution >= 0.6 is 11.8 Å². The normalized spacial score (nSPS) is 12.5. The molecule has 4 nitrogen and oxygen atoms in total. The number of aromatic nitrogens is 2. The van der Waals surface area contributed by atoms with E-state index in [2.05, 4.69) is 16.5 Å². The third kappa shape index (κ3) is 3.23. The molecule has 0 radical (unpaired) electrons. The number of benzene rings is 2. The first-order chi connectivity index (χ1) is 12.2. The summed E-state index contributed by atoms with van der Waals surface area (Å²) in [5.41, 5.74) is 3.50. The SMILES string of the molecule is CCn1ccc(/C=C/C(=O)c2ccc3c(c2)Nc2ccccc2S3)n1. The van der Waals surface area contributed by atoms with Crippen molar-refractivity contribution in [3.63, 3.8) is 0 Å². The van der Waals surface area contributed by atoms with Crippen LogP contribution in [-0.4, -0.2) is 15.6 Å². The highest BCUT2D eigenvalue weighted by molar-refractivity contribution is 7.99. The second kappa shape index (κ2) is 6.61. The summed E-state index contributed by atoms with van der Waals surface area (Å²) >= 11 is 1.71. The average molecular weight is 347 g/mol. The summed E-state index contributed by atoms with van der Waals surface area (Å²) in [7, 11) is 0. The molecule has 25 heavy (non-hydrogen) atoms. The lowest BCUT2D eigenvalue weighted by atomic mass is 10.1. The molecule has 0 aliphatic carbocycles. The topological polar surface area (TPSA) is 46.9 Å². The molecule has 3 aromatic rings. The second-order valence-electron chi connectivity index (χ2n) is 5.73. The first-order valence-corrected chi connectivity index (χ1v) is 8.98. The molecular formula is C20H17N3OS. The van der Waals surface area contributed by atoms with Crippen LogP contribution in [0.3, 0.4) is 0 Å². The maximum absolute atomic E-state index is 12.5. The Labute approximate surface area is 150 Å². The number of aryl methyl sites for hydroxylation is 1. The molecule has 1 N–H and O–H groups in total. The van der Waals surface area contributed by atoms with E-state index in [0.29, 0.717) is 5.56 Å². The van der Waals surface area contributed by atoms with Gasteiger partial charge in [-0.2, -0.15) is 5.10 Å². The molecule has 2 heterocycles. The van der Waals surface area contributed by atoms with E-state index in [1.807, 2.05) is 60.3 Å². The predicted molar refractivity (Wildman–Crippen MR) is 102 cm³/mol. The van der Waals surface area contributed by atoms with E-state index in [4.69, 9.17) is 0 Å². The maximum Gasteiger partial charge on any atom is 0.185 e. The van der Waals surface area contributed by atoms with Gasteiger partial charge in [0.2, 0.25) is 0 Å². The number of ketones is 1. The van der Waals surface area contributed by atoms with Gasteiger partial charge in [-0.15, -0.1) is 0 Å². The molecular weight excluding hydrogens is 330 g/mol. The highest BCUT2D eigenvalue weighted by Crippen LogP contribution is 2.44. The van der Waals surface area contributed by atoms with Crippen LogP contribution < -0.4 is 5.32 Å². The minimum atomic E-state index is -0.0282. The summed E-state index contributed by atoms with van der Waals surface area (Å²) in [5, 5.41) is 7.76. The number of hydrogen-bond acceptors (Lipinski definition) is 4. The highest BCUT2D eigenvalue weighted by atomic mass is 32.2. The Morgan fingerprint density at radius 1 is 1.16 bits per heavy atom. The van der Waals surface area contributed by atoms with Crippen molar-refractivity contribution in [2.75, 3.05) is 5.32 Å². The third-order valence-electron chi connectivity index (χ3n) is 4.03. The molecule has 0 fully saturated rings. The quantitative estimate of drug-likeness (QED) is 0.416. The summed E-state index contributed by atoms with van der Waals surface area (Å²) in [6.07, 6.45) is 5.24. The van der Waals surface area contributed by atoms with Crippen molar-refractivity contribution in [3.8, 4) is 0 Å². The summed E-state index contributed by atoms with van der Waals surface area (Å²) in [5.74, 6) is -0.0282. The van der Waals surface area contributed by atoms with Crippen LogP contribution in [0.1, 0.15) is 23.0 Å². The van der Waals surface area contributed by atoms with Crippen molar-refractivity contribution in [2.45, 2.75) is 23.3 Å². The number of rotatable bonds is 4. The van der Waals surface area contributed by atoms with E-state index < -0.39 is 0 Å². The smallest absolute Gasteiger partial charge is 0.185 e. The number of carbonyl (C=O) groups is 1. The third-order valence-corrected chi connectivity index (χ3v) is 5.18. The molecule has 124 valence electrons. The Morgan fingerprint density at radius 3 is 2.84 bits per heavy atom. The van der Waals surface area contributed by atoms with Crippen molar-refractivity contribution in [1.82, 2.24) is 9.78 Å². The van der Waals surface area contributed by atoms with Crippen LogP contribution in [0.2, 0.25) is 0 Å². The summed E-state index contributed by atoms with van der Waals surface area (Å²) < 4.78 is 1.83. The van der Waals surface area contributed by atoms with Gasteiger partial charge < -0.3 is 5.32 Å². The molecule has 0 atom stereocenters. The lowest BCUT2D eigenvalue weighted by molar-refractivity contribution is 0.104. The molecule has 1 aromatic heterocycles. The van der Waals surface area contributed by atoms with Gasteiger partial charge in [0.05, 0.1) is 17.1 Å². The zero-order chi connectivity index (χ0) is 17.2. The number of nitrogens with zero attached hydrogens (tertiary/aromatic N) is 2. The van der Waals surface area contributed by atoms with Gasteiger partial charge in [-0.05, 0) is 55.5 Å². The van der Waals surface area contributed by atoms with Gasteiger partial charge in [-0.3, -0.25) is 9.48 Å². The number of hydrogen-bond donors (Lipinski definition) is 1. The van der Waals surface area contributed by atoms with E-state index in [9.17, 15) is 4.79 Å². The molecule has 1 aliphatic rings. The number of allylic oxidation sites excluding steroid dienone is 1. The summed E-state index contributed by atoms with van der Waals surface area (Å²) in [6, 6.07) is 15.8. The van der Waals surface area contributed by atoms with Crippen LogP contribution in [0.5, 0.6) is 0 Å². The number of nitrogens with one attached hydrogen (secondary N) is 1. The van der Waals surface area contributed by atoms with Gasteiger partial charge in [0.25, 0.3) is 0 Å². The van der Waals surface area contributed by atoms with E-state index in [-0.39, 0.29) is 5.78 Å². The zero-order valence-electron chi connectivity index (χ0n) is 13.8. The minimum Gasteiger partial charge on any atom is -0.354 e. The van der Waals surface area contributed by atoms with Crippen molar-refractivity contribution >= 4 is 35.0 Å². The Balaban J connectivity index is 1.55. The Morgan fingerprint density at radius 2 is 2.00 bits per heavy atom. The predicted octanol–water partition coefficient (Wildman–Crippen LogP) is 5.01. The Bertz CT molecular complexity index is 975. The van der Waals surface area contributed by atoms with Crippen LogP contribution in [0.4, 0.5) is 11.4 Å². The fourth-order valence-electron chi connectivity index (χ4n) is 2.69. The van der Waals surface area contributed by atoms with Crippen molar-refractivity contribution in [1.29, 1.82) is 0 Å².